The molecule has 1 fully saturated rings. The molecule has 0 saturated carbocycles. The van der Waals surface area contributed by atoms with Gasteiger partial charge in [0.05, 0.1) is 0 Å². The second kappa shape index (κ2) is 5.63. The van der Waals surface area contributed by atoms with Gasteiger partial charge in [0.1, 0.15) is 5.60 Å². The smallest absolute Gasteiger partial charge is 0.104 e. The molecule has 2 aromatic carbocycles. The molecule has 0 aromatic heterocycles. The molecule has 1 N–H and O–H groups in total. The molecule has 0 aliphatic carbocycles. The summed E-state index contributed by atoms with van der Waals surface area (Å²) >= 11 is 0. The molecule has 1 aliphatic rings. The van der Waals surface area contributed by atoms with Gasteiger partial charge in [0.25, 0.3) is 0 Å². The number of β-amino-alcohol motifs (C(OH)–C–C–N with tert-alkyl or cyclic N) is 1. The number of hydrogen-bond donors (Lipinski definition) is 1. The topological polar surface area (TPSA) is 23.5 Å². The molecule has 2 nitrogen and oxygen atoms in total. The van der Waals surface area contributed by atoms with Crippen molar-refractivity contribution in [2.75, 3.05) is 13.1 Å². The predicted molar refractivity (Wildman–Crippen MR) is 86.1 cm³/mol. The number of benzene rings is 2. The molecule has 3 rings (SSSR count). The highest BCUT2D eigenvalue weighted by atomic mass is 16.3. The van der Waals surface area contributed by atoms with Crippen molar-refractivity contribution in [3.63, 3.8) is 0 Å². The fourth-order valence-electron chi connectivity index (χ4n) is 3.40. The minimum atomic E-state index is -0.702. The van der Waals surface area contributed by atoms with Crippen LogP contribution in [-0.4, -0.2) is 23.1 Å². The minimum absolute atomic E-state index is 0.702. The summed E-state index contributed by atoms with van der Waals surface area (Å²) in [6, 6.07) is 16.8. The van der Waals surface area contributed by atoms with Crippen LogP contribution in [0.25, 0.3) is 0 Å². The van der Waals surface area contributed by atoms with E-state index in [0.29, 0.717) is 6.54 Å². The molecule has 2 heteroatoms. The van der Waals surface area contributed by atoms with Crippen LogP contribution in [0.4, 0.5) is 0 Å². The molecular formula is C19H23NO. The molecule has 2 aromatic rings. The Morgan fingerprint density at radius 2 is 1.86 bits per heavy atom. The lowest BCUT2D eigenvalue weighted by Gasteiger charge is -2.26. The third-order valence-electron chi connectivity index (χ3n) is 4.46. The normalized spacial score (nSPS) is 22.6. The molecule has 21 heavy (non-hydrogen) atoms. The van der Waals surface area contributed by atoms with Gasteiger partial charge in [-0.25, -0.2) is 0 Å². The van der Waals surface area contributed by atoms with Crippen LogP contribution in [0.15, 0.2) is 48.5 Å². The summed E-state index contributed by atoms with van der Waals surface area (Å²) in [6.07, 6.45) is 0.809. The van der Waals surface area contributed by atoms with Crippen molar-refractivity contribution in [1.29, 1.82) is 0 Å². The minimum Gasteiger partial charge on any atom is -0.384 e. The lowest BCUT2D eigenvalue weighted by atomic mass is 9.89. The molecule has 1 atom stereocenters. The first kappa shape index (κ1) is 14.3. The van der Waals surface area contributed by atoms with Gasteiger partial charge >= 0.3 is 0 Å². The first-order chi connectivity index (χ1) is 10.1. The summed E-state index contributed by atoms with van der Waals surface area (Å²) in [5.41, 5.74) is 4.14. The van der Waals surface area contributed by atoms with Crippen molar-refractivity contribution in [3.8, 4) is 0 Å². The summed E-state index contributed by atoms with van der Waals surface area (Å²) in [4.78, 5) is 2.34. The summed E-state index contributed by atoms with van der Waals surface area (Å²) in [5, 5.41) is 11.0. The van der Waals surface area contributed by atoms with Crippen LogP contribution in [0.2, 0.25) is 0 Å². The number of aryl methyl sites for hydroxylation is 2. The Labute approximate surface area is 127 Å². The van der Waals surface area contributed by atoms with Crippen LogP contribution in [0.5, 0.6) is 0 Å². The number of aliphatic hydroxyl groups is 1. The van der Waals surface area contributed by atoms with Gasteiger partial charge in [0.2, 0.25) is 0 Å². The van der Waals surface area contributed by atoms with Crippen LogP contribution >= 0.6 is 0 Å². The van der Waals surface area contributed by atoms with Crippen molar-refractivity contribution < 1.29 is 5.11 Å². The van der Waals surface area contributed by atoms with Crippen LogP contribution in [0.3, 0.4) is 0 Å². The second-order valence-electron chi connectivity index (χ2n) is 6.30. The van der Waals surface area contributed by atoms with E-state index in [2.05, 4.69) is 61.2 Å². The Balaban J connectivity index is 1.76. The lowest BCUT2D eigenvalue weighted by molar-refractivity contribution is 0.0447. The molecule has 0 amide bonds. The third kappa shape index (κ3) is 3.02. The zero-order valence-electron chi connectivity index (χ0n) is 12.8. The molecule has 0 radical (unpaired) electrons. The first-order valence-corrected chi connectivity index (χ1v) is 7.63. The van der Waals surface area contributed by atoms with Gasteiger partial charge in [-0.05, 0) is 37.0 Å². The maximum atomic E-state index is 11.0. The van der Waals surface area contributed by atoms with Gasteiger partial charge < -0.3 is 5.11 Å². The first-order valence-electron chi connectivity index (χ1n) is 7.63. The molecule has 1 saturated heterocycles. The quantitative estimate of drug-likeness (QED) is 0.932. The number of rotatable bonds is 3. The molecule has 110 valence electrons. The molecule has 1 aliphatic heterocycles. The van der Waals surface area contributed by atoms with E-state index in [1.54, 1.807) is 0 Å². The summed E-state index contributed by atoms with van der Waals surface area (Å²) < 4.78 is 0. The second-order valence-corrected chi connectivity index (χ2v) is 6.30. The molecular weight excluding hydrogens is 258 g/mol. The SMILES string of the molecule is Cc1ccc(C2(O)CCN(Cc3ccccc3)C2)c(C)c1. The molecule has 0 bridgehead atoms. The highest BCUT2D eigenvalue weighted by Gasteiger charge is 2.38. The van der Waals surface area contributed by atoms with Crippen molar-refractivity contribution in [2.45, 2.75) is 32.4 Å². The van der Waals surface area contributed by atoms with Crippen molar-refractivity contribution in [3.05, 3.63) is 70.8 Å². The van der Waals surface area contributed by atoms with Crippen LogP contribution < -0.4 is 0 Å². The Bertz CT molecular complexity index is 623. The fraction of sp³-hybridized carbons (Fsp3) is 0.368. The number of likely N-dealkylation sites (tertiary alicyclic amines) is 1. The van der Waals surface area contributed by atoms with Crippen LogP contribution in [-0.2, 0) is 12.1 Å². The van der Waals surface area contributed by atoms with Gasteiger partial charge in [0, 0.05) is 19.6 Å². The predicted octanol–water partition coefficient (Wildman–Crippen LogP) is 3.40. The van der Waals surface area contributed by atoms with Gasteiger partial charge in [-0.1, -0.05) is 54.1 Å². The highest BCUT2D eigenvalue weighted by molar-refractivity contribution is 5.36. The highest BCUT2D eigenvalue weighted by Crippen LogP contribution is 2.34. The van der Waals surface area contributed by atoms with E-state index in [4.69, 9.17) is 0 Å². The third-order valence-corrected chi connectivity index (χ3v) is 4.46. The zero-order chi connectivity index (χ0) is 14.9. The number of nitrogens with zero attached hydrogens (tertiary/aromatic N) is 1. The molecule has 0 spiro atoms. The van der Waals surface area contributed by atoms with Crippen molar-refractivity contribution in [2.24, 2.45) is 0 Å². The zero-order valence-corrected chi connectivity index (χ0v) is 12.8. The maximum Gasteiger partial charge on any atom is 0.104 e. The Hall–Kier alpha value is -1.64. The van der Waals surface area contributed by atoms with E-state index in [1.165, 1.54) is 16.7 Å². The molecule has 1 unspecified atom stereocenters. The lowest BCUT2D eigenvalue weighted by Crippen LogP contribution is -2.31. The average molecular weight is 281 g/mol. The van der Waals surface area contributed by atoms with Gasteiger partial charge in [-0.3, -0.25) is 4.90 Å². The summed E-state index contributed by atoms with van der Waals surface area (Å²) in [5.74, 6) is 0. The van der Waals surface area contributed by atoms with E-state index >= 15 is 0 Å². The van der Waals surface area contributed by atoms with E-state index in [0.717, 1.165) is 25.1 Å². The van der Waals surface area contributed by atoms with E-state index < -0.39 is 5.60 Å². The van der Waals surface area contributed by atoms with Crippen molar-refractivity contribution >= 4 is 0 Å². The average Bonchev–Trinajstić information content (AvgIpc) is 2.82. The summed E-state index contributed by atoms with van der Waals surface area (Å²) in [7, 11) is 0. The maximum absolute atomic E-state index is 11.0. The monoisotopic (exact) mass is 281 g/mol. The van der Waals surface area contributed by atoms with E-state index in [-0.39, 0.29) is 0 Å². The van der Waals surface area contributed by atoms with Crippen LogP contribution in [0, 0.1) is 13.8 Å². The van der Waals surface area contributed by atoms with Crippen LogP contribution in [0.1, 0.15) is 28.7 Å². The van der Waals surface area contributed by atoms with Crippen molar-refractivity contribution in [1.82, 2.24) is 4.90 Å². The van der Waals surface area contributed by atoms with E-state index in [1.807, 2.05) is 6.07 Å². The summed E-state index contributed by atoms with van der Waals surface area (Å²) in [6.45, 7) is 6.76. The van der Waals surface area contributed by atoms with Gasteiger partial charge in [0.15, 0.2) is 0 Å². The number of hydrogen-bond acceptors (Lipinski definition) is 2. The Kier molecular flexibility index (Phi) is 3.83. The van der Waals surface area contributed by atoms with E-state index in [9.17, 15) is 5.11 Å². The standard InChI is InChI=1S/C19H23NO/c1-15-8-9-18(16(2)12-15)19(21)10-11-20(14-19)13-17-6-4-3-5-7-17/h3-9,12,21H,10-11,13-14H2,1-2H3. The fourth-order valence-corrected chi connectivity index (χ4v) is 3.40. The van der Waals surface area contributed by atoms with Gasteiger partial charge in [-0.15, -0.1) is 0 Å². The Morgan fingerprint density at radius 3 is 2.57 bits per heavy atom. The van der Waals surface area contributed by atoms with Gasteiger partial charge in [-0.2, -0.15) is 0 Å². The largest absolute Gasteiger partial charge is 0.384 e. The Morgan fingerprint density at radius 1 is 1.10 bits per heavy atom. The molecule has 1 heterocycles.